The molecule has 2 N–H and O–H groups in total. The van der Waals surface area contributed by atoms with Gasteiger partial charge in [-0.2, -0.15) is 13.2 Å². The van der Waals surface area contributed by atoms with Crippen molar-refractivity contribution in [3.63, 3.8) is 0 Å². The molecule has 2 aromatic carbocycles. The Balaban J connectivity index is 2.33. The van der Waals surface area contributed by atoms with Crippen molar-refractivity contribution in [3.8, 4) is 0 Å². The van der Waals surface area contributed by atoms with Crippen LogP contribution in [0.4, 0.5) is 13.2 Å². The van der Waals surface area contributed by atoms with E-state index in [1.54, 1.807) is 24.3 Å². The monoisotopic (exact) mass is 307 g/mol. The molecule has 0 unspecified atom stereocenters. The summed E-state index contributed by atoms with van der Waals surface area (Å²) in [7, 11) is 0. The highest BCUT2D eigenvalue weighted by molar-refractivity contribution is 5.93. The van der Waals surface area contributed by atoms with Crippen LogP contribution in [0.3, 0.4) is 0 Å². The number of hydrogen-bond donors (Lipinski definition) is 1. The number of nitrogens with two attached hydrogens (primary N) is 1. The maximum Gasteiger partial charge on any atom is 0.416 e. The van der Waals surface area contributed by atoms with Gasteiger partial charge in [-0.05, 0) is 47.7 Å². The Morgan fingerprint density at radius 2 is 1.82 bits per heavy atom. The van der Waals surface area contributed by atoms with Crippen molar-refractivity contribution in [3.05, 3.63) is 70.3 Å². The highest BCUT2D eigenvalue weighted by atomic mass is 19.4. The number of halogens is 3. The van der Waals surface area contributed by atoms with Gasteiger partial charge in [-0.3, -0.25) is 4.79 Å². The predicted molar refractivity (Wildman–Crippen MR) is 78.6 cm³/mol. The van der Waals surface area contributed by atoms with Crippen LogP contribution in [0, 0.1) is 0 Å². The van der Waals surface area contributed by atoms with Crippen LogP contribution in [0.25, 0.3) is 0 Å². The zero-order valence-electron chi connectivity index (χ0n) is 12.1. The minimum absolute atomic E-state index is 0.381. The van der Waals surface area contributed by atoms with E-state index in [-0.39, 0.29) is 0 Å². The number of amides is 1. The Morgan fingerprint density at radius 1 is 1.09 bits per heavy atom. The lowest BCUT2D eigenvalue weighted by molar-refractivity contribution is -0.137. The van der Waals surface area contributed by atoms with E-state index >= 15 is 0 Å². The van der Waals surface area contributed by atoms with Crippen molar-refractivity contribution in [1.82, 2.24) is 0 Å². The van der Waals surface area contributed by atoms with Crippen molar-refractivity contribution in [1.29, 1.82) is 0 Å². The van der Waals surface area contributed by atoms with Crippen LogP contribution < -0.4 is 5.73 Å². The molecule has 0 heterocycles. The van der Waals surface area contributed by atoms with Gasteiger partial charge in [-0.15, -0.1) is 0 Å². The summed E-state index contributed by atoms with van der Waals surface area (Å²) < 4.78 is 38.2. The summed E-state index contributed by atoms with van der Waals surface area (Å²) in [5.74, 6) is -0.514. The van der Waals surface area contributed by atoms with Crippen molar-refractivity contribution in [2.45, 2.75) is 25.9 Å². The average Bonchev–Trinajstić information content (AvgIpc) is 2.47. The molecule has 116 valence electrons. The van der Waals surface area contributed by atoms with E-state index < -0.39 is 17.6 Å². The summed E-state index contributed by atoms with van der Waals surface area (Å²) >= 11 is 0. The van der Waals surface area contributed by atoms with Crippen molar-refractivity contribution >= 4 is 5.91 Å². The molecule has 2 rings (SSSR count). The van der Waals surface area contributed by atoms with Crippen LogP contribution in [0.2, 0.25) is 0 Å². The van der Waals surface area contributed by atoms with Crippen molar-refractivity contribution in [2.24, 2.45) is 5.73 Å². The van der Waals surface area contributed by atoms with Gasteiger partial charge in [0.15, 0.2) is 0 Å². The van der Waals surface area contributed by atoms with Gasteiger partial charge in [0.25, 0.3) is 0 Å². The number of alkyl halides is 3. The first-order valence-electron chi connectivity index (χ1n) is 6.89. The summed E-state index contributed by atoms with van der Waals surface area (Å²) in [6.45, 7) is 1.93. The van der Waals surface area contributed by atoms with E-state index in [4.69, 9.17) is 5.73 Å². The van der Waals surface area contributed by atoms with Crippen LogP contribution >= 0.6 is 0 Å². The summed E-state index contributed by atoms with van der Waals surface area (Å²) in [5.41, 5.74) is 7.38. The first-order valence-corrected chi connectivity index (χ1v) is 6.89. The number of carbonyl (C=O) groups is 1. The molecule has 0 fully saturated rings. The minimum Gasteiger partial charge on any atom is -0.366 e. The van der Waals surface area contributed by atoms with Gasteiger partial charge in [-0.25, -0.2) is 0 Å². The average molecular weight is 307 g/mol. The van der Waals surface area contributed by atoms with Gasteiger partial charge in [0.05, 0.1) is 5.56 Å². The molecule has 0 saturated carbocycles. The number of benzene rings is 2. The van der Waals surface area contributed by atoms with Crippen LogP contribution in [-0.4, -0.2) is 5.91 Å². The van der Waals surface area contributed by atoms with Gasteiger partial charge in [0.1, 0.15) is 0 Å². The van der Waals surface area contributed by atoms with Crippen LogP contribution in [0.1, 0.15) is 39.5 Å². The number of hydrogen-bond acceptors (Lipinski definition) is 1. The molecular formula is C17H16F3NO. The maximum atomic E-state index is 12.7. The quantitative estimate of drug-likeness (QED) is 0.913. The van der Waals surface area contributed by atoms with Gasteiger partial charge in [-0.1, -0.05) is 31.2 Å². The molecule has 1 amide bonds. The van der Waals surface area contributed by atoms with E-state index in [0.717, 1.165) is 23.3 Å². The number of primary amides is 1. The molecule has 0 aromatic heterocycles. The number of carbonyl (C=O) groups excluding carboxylic acids is 1. The van der Waals surface area contributed by atoms with Gasteiger partial charge < -0.3 is 5.73 Å². The number of rotatable bonds is 4. The summed E-state index contributed by atoms with van der Waals surface area (Å²) in [6, 6.07) is 10.3. The molecule has 5 heteroatoms. The van der Waals surface area contributed by atoms with Crippen molar-refractivity contribution in [2.75, 3.05) is 0 Å². The minimum atomic E-state index is -4.35. The Labute approximate surface area is 126 Å². The lowest BCUT2D eigenvalue weighted by Gasteiger charge is -2.12. The fraction of sp³-hybridized carbons (Fsp3) is 0.235. The van der Waals surface area contributed by atoms with E-state index in [0.29, 0.717) is 24.0 Å². The molecule has 0 saturated heterocycles. The molecule has 22 heavy (non-hydrogen) atoms. The lowest BCUT2D eigenvalue weighted by Crippen LogP contribution is -2.12. The maximum absolute atomic E-state index is 12.7. The third kappa shape index (κ3) is 3.67. The van der Waals surface area contributed by atoms with Gasteiger partial charge in [0, 0.05) is 5.56 Å². The molecule has 0 bridgehead atoms. The molecule has 0 aliphatic heterocycles. The zero-order valence-corrected chi connectivity index (χ0v) is 12.1. The Bertz CT molecular complexity index is 693. The van der Waals surface area contributed by atoms with E-state index in [9.17, 15) is 18.0 Å². The fourth-order valence-corrected chi connectivity index (χ4v) is 2.36. The summed E-state index contributed by atoms with van der Waals surface area (Å²) in [6.07, 6.45) is -3.29. The molecular weight excluding hydrogens is 291 g/mol. The van der Waals surface area contributed by atoms with Crippen LogP contribution in [0.15, 0.2) is 42.5 Å². The normalized spacial score (nSPS) is 11.5. The summed E-state index contributed by atoms with van der Waals surface area (Å²) in [5, 5.41) is 0. The molecule has 0 radical (unpaired) electrons. The molecule has 0 atom stereocenters. The Morgan fingerprint density at radius 3 is 2.41 bits per heavy atom. The van der Waals surface area contributed by atoms with Crippen LogP contribution in [-0.2, 0) is 19.0 Å². The smallest absolute Gasteiger partial charge is 0.366 e. The second-order valence-corrected chi connectivity index (χ2v) is 5.08. The van der Waals surface area contributed by atoms with Gasteiger partial charge >= 0.3 is 6.18 Å². The highest BCUT2D eigenvalue weighted by Crippen LogP contribution is 2.30. The molecule has 0 aliphatic carbocycles. The molecule has 0 spiro atoms. The van der Waals surface area contributed by atoms with Crippen molar-refractivity contribution < 1.29 is 18.0 Å². The largest absolute Gasteiger partial charge is 0.416 e. The topological polar surface area (TPSA) is 43.1 Å². The molecule has 0 aliphatic rings. The fourth-order valence-electron chi connectivity index (χ4n) is 2.36. The lowest BCUT2D eigenvalue weighted by atomic mass is 9.95. The van der Waals surface area contributed by atoms with E-state index in [2.05, 4.69) is 0 Å². The molecule has 2 aromatic rings. The third-order valence-electron chi connectivity index (χ3n) is 3.52. The summed E-state index contributed by atoms with van der Waals surface area (Å²) in [4.78, 5) is 11.2. The van der Waals surface area contributed by atoms with E-state index in [1.165, 1.54) is 6.07 Å². The first-order chi connectivity index (χ1) is 10.3. The Kier molecular flexibility index (Phi) is 4.54. The predicted octanol–water partition coefficient (Wildman–Crippen LogP) is 3.96. The third-order valence-corrected chi connectivity index (χ3v) is 3.52. The standard InChI is InChI=1S/C17H16F3NO/c1-2-12-10-14(16(21)22)7-6-13(12)8-11-4-3-5-15(9-11)17(18,19)20/h3-7,9-10H,2,8H2,1H3,(H2,21,22). The van der Waals surface area contributed by atoms with Gasteiger partial charge in [0.2, 0.25) is 5.91 Å². The second kappa shape index (κ2) is 6.22. The highest BCUT2D eigenvalue weighted by Gasteiger charge is 2.30. The SMILES string of the molecule is CCc1cc(C(N)=O)ccc1Cc1cccc(C(F)(F)F)c1. The number of aryl methyl sites for hydroxylation is 1. The first kappa shape index (κ1) is 16.1. The van der Waals surface area contributed by atoms with Crippen LogP contribution in [0.5, 0.6) is 0 Å². The zero-order chi connectivity index (χ0) is 16.3. The second-order valence-electron chi connectivity index (χ2n) is 5.08. The Hall–Kier alpha value is -2.30. The van der Waals surface area contributed by atoms with E-state index in [1.807, 2.05) is 6.92 Å². The molecule has 2 nitrogen and oxygen atoms in total.